The van der Waals surface area contributed by atoms with Crippen molar-refractivity contribution < 1.29 is 49.8 Å². The smallest absolute Gasteiger partial charge is 0.456 e. The van der Waals surface area contributed by atoms with Gasteiger partial charge in [-0.2, -0.15) is 30.7 Å². The van der Waals surface area contributed by atoms with Crippen LogP contribution in [0.5, 0.6) is 0 Å². The Hall–Kier alpha value is -2.33. The number of alkyl halides is 7. The minimum atomic E-state index is -6.54. The van der Waals surface area contributed by atoms with Gasteiger partial charge in [0, 0.05) is 12.5 Å². The largest absolute Gasteiger partial charge is 0.460 e. The molecule has 0 aliphatic carbocycles. The monoisotopic (exact) mass is 376 g/mol. The molecule has 25 heavy (non-hydrogen) atoms. The summed E-state index contributed by atoms with van der Waals surface area (Å²) in [7, 11) is 0. The predicted molar refractivity (Wildman–Crippen MR) is 67.9 cm³/mol. The molecule has 0 aliphatic heterocycles. The first-order valence-electron chi connectivity index (χ1n) is 6.51. The van der Waals surface area contributed by atoms with E-state index in [-0.39, 0.29) is 5.56 Å². The minimum absolute atomic E-state index is 0.0476. The van der Waals surface area contributed by atoms with Gasteiger partial charge in [0.25, 0.3) is 0 Å². The van der Waals surface area contributed by atoms with Gasteiger partial charge in [0.05, 0.1) is 0 Å². The summed E-state index contributed by atoms with van der Waals surface area (Å²) >= 11 is 0. The number of hydrogen-bond acceptors (Lipinski definition) is 4. The lowest BCUT2D eigenvalue weighted by atomic mass is 10.1. The third-order valence-corrected chi connectivity index (χ3v) is 2.81. The summed E-state index contributed by atoms with van der Waals surface area (Å²) in [5.74, 6) is -14.9. The molecular weight excluding hydrogens is 365 g/mol. The fourth-order valence-corrected chi connectivity index (χ4v) is 1.58. The molecule has 0 amide bonds. The summed E-state index contributed by atoms with van der Waals surface area (Å²) in [5, 5.41) is 0. The van der Waals surface area contributed by atoms with Crippen molar-refractivity contribution >= 4 is 11.9 Å². The average Bonchev–Trinajstić information content (AvgIpc) is 2.49. The van der Waals surface area contributed by atoms with E-state index >= 15 is 0 Å². The van der Waals surface area contributed by atoms with Gasteiger partial charge in [-0.25, -0.2) is 4.79 Å². The van der Waals surface area contributed by atoms with Gasteiger partial charge in [-0.05, 0) is 0 Å². The molecule has 1 unspecified atom stereocenters. The van der Waals surface area contributed by atoms with Gasteiger partial charge >= 0.3 is 30.0 Å². The third-order valence-electron chi connectivity index (χ3n) is 2.81. The molecule has 0 aromatic heterocycles. The molecule has 11 heteroatoms. The van der Waals surface area contributed by atoms with Crippen molar-refractivity contribution in [2.75, 3.05) is 6.61 Å². The van der Waals surface area contributed by atoms with Gasteiger partial charge in [-0.3, -0.25) is 4.79 Å². The molecule has 0 bridgehead atoms. The van der Waals surface area contributed by atoms with Crippen LogP contribution in [0.25, 0.3) is 0 Å². The SMILES string of the molecule is CC(=O)OC(C(=O)OCC(F)(F)C(F)(F)C(F)(F)F)c1ccccc1. The van der Waals surface area contributed by atoms with Gasteiger partial charge in [0.15, 0.2) is 6.61 Å². The van der Waals surface area contributed by atoms with E-state index in [0.717, 1.165) is 6.92 Å². The summed E-state index contributed by atoms with van der Waals surface area (Å²) in [4.78, 5) is 22.7. The normalized spacial score (nSPS) is 13.9. The van der Waals surface area contributed by atoms with Crippen molar-refractivity contribution in [1.29, 1.82) is 0 Å². The molecule has 140 valence electrons. The molecule has 4 nitrogen and oxygen atoms in total. The third kappa shape index (κ3) is 4.83. The maximum atomic E-state index is 13.1. The van der Waals surface area contributed by atoms with Gasteiger partial charge in [0.1, 0.15) is 0 Å². The highest BCUT2D eigenvalue weighted by atomic mass is 19.4. The van der Waals surface area contributed by atoms with E-state index in [1.165, 1.54) is 30.3 Å². The molecule has 1 aromatic rings. The fraction of sp³-hybridized carbons (Fsp3) is 0.429. The average molecular weight is 376 g/mol. The van der Waals surface area contributed by atoms with E-state index < -0.39 is 42.7 Å². The van der Waals surface area contributed by atoms with Gasteiger partial charge in [0.2, 0.25) is 6.10 Å². The second-order valence-electron chi connectivity index (χ2n) is 4.78. The Morgan fingerprint density at radius 1 is 1.00 bits per heavy atom. The Morgan fingerprint density at radius 2 is 1.52 bits per heavy atom. The van der Waals surface area contributed by atoms with Crippen LogP contribution in [0.3, 0.4) is 0 Å². The Kier molecular flexibility index (Phi) is 6.03. The first kappa shape index (κ1) is 20.7. The zero-order valence-corrected chi connectivity index (χ0v) is 12.4. The highest BCUT2D eigenvalue weighted by molar-refractivity contribution is 5.80. The Balaban J connectivity index is 2.93. The topological polar surface area (TPSA) is 52.6 Å². The molecular formula is C14H11F7O4. The van der Waals surface area contributed by atoms with E-state index in [0.29, 0.717) is 0 Å². The molecule has 1 aromatic carbocycles. The lowest BCUT2D eigenvalue weighted by Gasteiger charge is -2.28. The summed E-state index contributed by atoms with van der Waals surface area (Å²) in [5.41, 5.74) is -0.0476. The highest BCUT2D eigenvalue weighted by Gasteiger charge is 2.73. The van der Waals surface area contributed by atoms with Crippen LogP contribution < -0.4 is 0 Å². The standard InChI is InChI=1S/C14H11F7O4/c1-8(22)25-10(9-5-3-2-4-6-9)11(23)24-7-12(15,16)13(17,18)14(19,20)21/h2-6,10H,7H2,1H3. The molecule has 0 aliphatic rings. The van der Waals surface area contributed by atoms with Crippen LogP contribution in [0.2, 0.25) is 0 Å². The number of esters is 2. The van der Waals surface area contributed by atoms with E-state index in [9.17, 15) is 40.3 Å². The predicted octanol–water partition coefficient (Wildman–Crippen LogP) is 3.67. The fourth-order valence-electron chi connectivity index (χ4n) is 1.58. The molecule has 0 radical (unpaired) electrons. The van der Waals surface area contributed by atoms with Crippen molar-refractivity contribution in [2.24, 2.45) is 0 Å². The Labute approximate surface area is 136 Å². The lowest BCUT2D eigenvalue weighted by molar-refractivity contribution is -0.360. The molecule has 1 atom stereocenters. The first-order valence-corrected chi connectivity index (χ1v) is 6.51. The summed E-state index contributed by atoms with van der Waals surface area (Å²) in [6, 6.07) is 6.73. The van der Waals surface area contributed by atoms with Crippen LogP contribution in [0, 0.1) is 0 Å². The van der Waals surface area contributed by atoms with Crippen molar-refractivity contribution in [3.05, 3.63) is 35.9 Å². The van der Waals surface area contributed by atoms with Crippen LogP contribution in [-0.2, 0) is 19.1 Å². The minimum Gasteiger partial charge on any atom is -0.456 e. The maximum Gasteiger partial charge on any atom is 0.460 e. The van der Waals surface area contributed by atoms with E-state index in [4.69, 9.17) is 0 Å². The van der Waals surface area contributed by atoms with Crippen LogP contribution in [0.4, 0.5) is 30.7 Å². The zero-order chi connectivity index (χ0) is 19.5. The highest BCUT2D eigenvalue weighted by Crippen LogP contribution is 2.46. The molecule has 0 spiro atoms. The molecule has 0 saturated carbocycles. The van der Waals surface area contributed by atoms with Crippen LogP contribution in [-0.4, -0.2) is 36.6 Å². The number of benzene rings is 1. The van der Waals surface area contributed by atoms with Crippen molar-refractivity contribution in [1.82, 2.24) is 0 Å². The molecule has 0 N–H and O–H groups in total. The summed E-state index contributed by atoms with van der Waals surface area (Å²) in [6.45, 7) is -1.68. The number of rotatable bonds is 6. The lowest BCUT2D eigenvalue weighted by Crippen LogP contribution is -2.54. The van der Waals surface area contributed by atoms with Crippen molar-refractivity contribution in [2.45, 2.75) is 31.0 Å². The number of carbonyl (C=O) groups excluding carboxylic acids is 2. The second kappa shape index (κ2) is 7.28. The quantitative estimate of drug-likeness (QED) is 0.562. The maximum absolute atomic E-state index is 13.1. The van der Waals surface area contributed by atoms with Gasteiger partial charge < -0.3 is 9.47 Å². The van der Waals surface area contributed by atoms with Crippen molar-refractivity contribution in [3.8, 4) is 0 Å². The van der Waals surface area contributed by atoms with E-state index in [2.05, 4.69) is 9.47 Å². The molecule has 1 rings (SSSR count). The van der Waals surface area contributed by atoms with Crippen LogP contribution >= 0.6 is 0 Å². The Morgan fingerprint density at radius 3 is 1.96 bits per heavy atom. The van der Waals surface area contributed by atoms with E-state index in [1.807, 2.05) is 0 Å². The molecule has 0 heterocycles. The number of ether oxygens (including phenoxy) is 2. The zero-order valence-electron chi connectivity index (χ0n) is 12.4. The number of halogens is 7. The summed E-state index contributed by atoms with van der Waals surface area (Å²) in [6.07, 6.45) is -8.44. The first-order chi connectivity index (χ1) is 11.3. The van der Waals surface area contributed by atoms with Crippen molar-refractivity contribution in [3.63, 3.8) is 0 Å². The van der Waals surface area contributed by atoms with Gasteiger partial charge in [-0.1, -0.05) is 30.3 Å². The van der Waals surface area contributed by atoms with Crippen LogP contribution in [0.1, 0.15) is 18.6 Å². The van der Waals surface area contributed by atoms with E-state index in [1.54, 1.807) is 0 Å². The molecule has 0 fully saturated rings. The number of carbonyl (C=O) groups is 2. The Bertz CT molecular complexity index is 613. The second-order valence-corrected chi connectivity index (χ2v) is 4.78. The van der Waals surface area contributed by atoms with Gasteiger partial charge in [-0.15, -0.1) is 0 Å². The number of hydrogen-bond donors (Lipinski definition) is 0. The molecule has 0 saturated heterocycles. The summed E-state index contributed by atoms with van der Waals surface area (Å²) < 4.78 is 96.2. The van der Waals surface area contributed by atoms with Crippen LogP contribution in [0.15, 0.2) is 30.3 Å².